The summed E-state index contributed by atoms with van der Waals surface area (Å²) in [6.45, 7) is 2.95. The molecule has 2 aromatic heterocycles. The standard InChI is InChI=1S/C11H13N3S/c1-9(10-2-4-12-5-3-10)13-6-11-7-15-8-14-11/h2-5,7-9,13H,6H2,1H3. The van der Waals surface area contributed by atoms with E-state index in [0.717, 1.165) is 12.2 Å². The Hall–Kier alpha value is -1.26. The van der Waals surface area contributed by atoms with Crippen molar-refractivity contribution >= 4 is 11.3 Å². The molecule has 0 spiro atoms. The predicted octanol–water partition coefficient (Wildman–Crippen LogP) is 2.39. The zero-order chi connectivity index (χ0) is 10.5. The van der Waals surface area contributed by atoms with Crippen LogP contribution in [0, 0.1) is 0 Å². The molecule has 1 atom stereocenters. The predicted molar refractivity (Wildman–Crippen MR) is 61.6 cm³/mol. The van der Waals surface area contributed by atoms with Crippen molar-refractivity contribution in [2.75, 3.05) is 0 Å². The lowest BCUT2D eigenvalue weighted by Crippen LogP contribution is -2.18. The highest BCUT2D eigenvalue weighted by Gasteiger charge is 2.04. The lowest BCUT2D eigenvalue weighted by Gasteiger charge is -2.12. The number of hydrogen-bond acceptors (Lipinski definition) is 4. The van der Waals surface area contributed by atoms with Crippen LogP contribution in [0.3, 0.4) is 0 Å². The van der Waals surface area contributed by atoms with Gasteiger partial charge in [0.05, 0.1) is 11.2 Å². The Morgan fingerprint density at radius 1 is 1.40 bits per heavy atom. The molecule has 0 aliphatic heterocycles. The average molecular weight is 219 g/mol. The molecule has 1 N–H and O–H groups in total. The van der Waals surface area contributed by atoms with Crippen LogP contribution in [-0.4, -0.2) is 9.97 Å². The molecule has 0 aliphatic carbocycles. The number of aromatic nitrogens is 2. The first-order chi connectivity index (χ1) is 7.36. The van der Waals surface area contributed by atoms with Crippen LogP contribution >= 0.6 is 11.3 Å². The Bertz CT molecular complexity index is 385. The Kier molecular flexibility index (Phi) is 3.42. The molecule has 3 nitrogen and oxygen atoms in total. The van der Waals surface area contributed by atoms with Crippen molar-refractivity contribution in [1.82, 2.24) is 15.3 Å². The molecule has 15 heavy (non-hydrogen) atoms. The van der Waals surface area contributed by atoms with Gasteiger partial charge in [-0.1, -0.05) is 0 Å². The molecule has 0 saturated carbocycles. The largest absolute Gasteiger partial charge is 0.305 e. The van der Waals surface area contributed by atoms with E-state index in [2.05, 4.69) is 27.6 Å². The summed E-state index contributed by atoms with van der Waals surface area (Å²) in [5, 5.41) is 5.48. The smallest absolute Gasteiger partial charge is 0.0795 e. The normalized spacial score (nSPS) is 12.6. The van der Waals surface area contributed by atoms with Gasteiger partial charge in [0, 0.05) is 30.4 Å². The molecular formula is C11H13N3S. The van der Waals surface area contributed by atoms with Gasteiger partial charge in [-0.15, -0.1) is 11.3 Å². The van der Waals surface area contributed by atoms with Gasteiger partial charge in [-0.05, 0) is 24.6 Å². The van der Waals surface area contributed by atoms with Crippen LogP contribution in [-0.2, 0) is 6.54 Å². The molecule has 2 heterocycles. The Morgan fingerprint density at radius 2 is 2.20 bits per heavy atom. The highest BCUT2D eigenvalue weighted by Crippen LogP contribution is 2.11. The van der Waals surface area contributed by atoms with Gasteiger partial charge in [-0.2, -0.15) is 0 Å². The first kappa shape index (κ1) is 10.3. The molecule has 0 aromatic carbocycles. The van der Waals surface area contributed by atoms with Gasteiger partial charge in [-0.25, -0.2) is 4.98 Å². The third-order valence-electron chi connectivity index (χ3n) is 2.28. The molecule has 1 unspecified atom stereocenters. The van der Waals surface area contributed by atoms with E-state index in [0.29, 0.717) is 6.04 Å². The van der Waals surface area contributed by atoms with Crippen molar-refractivity contribution in [2.45, 2.75) is 19.5 Å². The van der Waals surface area contributed by atoms with E-state index in [1.807, 2.05) is 30.0 Å². The van der Waals surface area contributed by atoms with Crippen molar-refractivity contribution in [3.63, 3.8) is 0 Å². The van der Waals surface area contributed by atoms with Gasteiger partial charge < -0.3 is 5.32 Å². The van der Waals surface area contributed by atoms with Gasteiger partial charge in [0.2, 0.25) is 0 Å². The van der Waals surface area contributed by atoms with Crippen LogP contribution in [0.15, 0.2) is 35.4 Å². The lowest BCUT2D eigenvalue weighted by atomic mass is 10.1. The highest BCUT2D eigenvalue weighted by molar-refractivity contribution is 7.07. The Balaban J connectivity index is 1.90. The lowest BCUT2D eigenvalue weighted by molar-refractivity contribution is 0.568. The summed E-state index contributed by atoms with van der Waals surface area (Å²) in [4.78, 5) is 8.22. The fraction of sp³-hybridized carbons (Fsp3) is 0.273. The molecular weight excluding hydrogens is 206 g/mol. The minimum Gasteiger partial charge on any atom is -0.305 e. The van der Waals surface area contributed by atoms with Crippen LogP contribution in [0.1, 0.15) is 24.2 Å². The van der Waals surface area contributed by atoms with Crippen molar-refractivity contribution in [1.29, 1.82) is 0 Å². The minimum atomic E-state index is 0.328. The molecule has 0 amide bonds. The fourth-order valence-corrected chi connectivity index (χ4v) is 1.91. The number of thiazole rings is 1. The second-order valence-electron chi connectivity index (χ2n) is 3.36. The maximum absolute atomic E-state index is 4.23. The second-order valence-corrected chi connectivity index (χ2v) is 4.08. The monoisotopic (exact) mass is 219 g/mol. The SMILES string of the molecule is CC(NCc1cscn1)c1ccncc1. The van der Waals surface area contributed by atoms with E-state index in [9.17, 15) is 0 Å². The minimum absolute atomic E-state index is 0.328. The molecule has 0 bridgehead atoms. The van der Waals surface area contributed by atoms with Crippen molar-refractivity contribution in [3.8, 4) is 0 Å². The van der Waals surface area contributed by atoms with Gasteiger partial charge in [0.15, 0.2) is 0 Å². The first-order valence-corrected chi connectivity index (χ1v) is 5.81. The van der Waals surface area contributed by atoms with Gasteiger partial charge in [0.25, 0.3) is 0 Å². The third-order valence-corrected chi connectivity index (χ3v) is 2.91. The molecule has 0 fully saturated rings. The molecule has 2 aromatic rings. The summed E-state index contributed by atoms with van der Waals surface area (Å²) in [6, 6.07) is 4.38. The van der Waals surface area contributed by atoms with Crippen LogP contribution in [0.5, 0.6) is 0 Å². The number of rotatable bonds is 4. The average Bonchev–Trinajstić information content (AvgIpc) is 2.80. The van der Waals surface area contributed by atoms with Crippen LogP contribution < -0.4 is 5.32 Å². The van der Waals surface area contributed by atoms with E-state index in [1.54, 1.807) is 11.3 Å². The van der Waals surface area contributed by atoms with E-state index in [4.69, 9.17) is 0 Å². The zero-order valence-corrected chi connectivity index (χ0v) is 9.37. The summed E-state index contributed by atoms with van der Waals surface area (Å²) < 4.78 is 0. The Morgan fingerprint density at radius 3 is 2.87 bits per heavy atom. The number of nitrogens with zero attached hydrogens (tertiary/aromatic N) is 2. The summed E-state index contributed by atoms with van der Waals surface area (Å²) >= 11 is 1.63. The fourth-order valence-electron chi connectivity index (χ4n) is 1.35. The molecule has 78 valence electrons. The van der Waals surface area contributed by atoms with E-state index in [-0.39, 0.29) is 0 Å². The summed E-state index contributed by atoms with van der Waals surface area (Å²) in [5.41, 5.74) is 4.20. The summed E-state index contributed by atoms with van der Waals surface area (Å²) in [6.07, 6.45) is 3.63. The molecule has 0 aliphatic rings. The maximum Gasteiger partial charge on any atom is 0.0795 e. The second kappa shape index (κ2) is 5.00. The number of nitrogens with one attached hydrogen (secondary N) is 1. The van der Waals surface area contributed by atoms with Crippen molar-refractivity contribution < 1.29 is 0 Å². The maximum atomic E-state index is 4.23. The van der Waals surface area contributed by atoms with Gasteiger partial charge in [0.1, 0.15) is 0 Å². The molecule has 4 heteroatoms. The van der Waals surface area contributed by atoms with Crippen molar-refractivity contribution in [2.24, 2.45) is 0 Å². The number of pyridine rings is 1. The van der Waals surface area contributed by atoms with Gasteiger partial charge >= 0.3 is 0 Å². The summed E-state index contributed by atoms with van der Waals surface area (Å²) in [7, 11) is 0. The topological polar surface area (TPSA) is 37.8 Å². The first-order valence-electron chi connectivity index (χ1n) is 4.86. The van der Waals surface area contributed by atoms with E-state index >= 15 is 0 Å². The van der Waals surface area contributed by atoms with Crippen LogP contribution in [0.2, 0.25) is 0 Å². The highest BCUT2D eigenvalue weighted by atomic mass is 32.1. The van der Waals surface area contributed by atoms with Crippen molar-refractivity contribution in [3.05, 3.63) is 46.7 Å². The summed E-state index contributed by atoms with van der Waals surface area (Å²) in [5.74, 6) is 0. The van der Waals surface area contributed by atoms with Crippen LogP contribution in [0.4, 0.5) is 0 Å². The molecule has 0 saturated heterocycles. The molecule has 2 rings (SSSR count). The third kappa shape index (κ3) is 2.84. The van der Waals surface area contributed by atoms with Gasteiger partial charge in [-0.3, -0.25) is 4.98 Å². The zero-order valence-electron chi connectivity index (χ0n) is 8.55. The van der Waals surface area contributed by atoms with E-state index in [1.165, 1.54) is 5.56 Å². The quantitative estimate of drug-likeness (QED) is 0.858. The number of hydrogen-bond donors (Lipinski definition) is 1. The molecule has 0 radical (unpaired) electrons. The van der Waals surface area contributed by atoms with E-state index < -0.39 is 0 Å². The Labute approximate surface area is 93.2 Å². The van der Waals surface area contributed by atoms with Crippen LogP contribution in [0.25, 0.3) is 0 Å².